The van der Waals surface area contributed by atoms with Gasteiger partial charge in [0.05, 0.1) is 11.1 Å². The Hall–Kier alpha value is -2.12. The fourth-order valence-electron chi connectivity index (χ4n) is 4.11. The van der Waals surface area contributed by atoms with Gasteiger partial charge >= 0.3 is 0 Å². The van der Waals surface area contributed by atoms with Crippen LogP contribution in [-0.4, -0.2) is 30.2 Å². The van der Waals surface area contributed by atoms with Crippen molar-refractivity contribution in [3.05, 3.63) is 63.7 Å². The number of fused-ring (bicyclic) bond motifs is 1. The molecule has 0 aromatic heterocycles. The van der Waals surface area contributed by atoms with Crippen molar-refractivity contribution in [3.63, 3.8) is 0 Å². The van der Waals surface area contributed by atoms with Crippen molar-refractivity contribution in [2.75, 3.05) is 13.2 Å². The highest BCUT2D eigenvalue weighted by Crippen LogP contribution is 2.32. The lowest BCUT2D eigenvalue weighted by atomic mass is 9.94. The molecule has 2 aliphatic rings. The number of aliphatic hydroxyl groups is 1. The second-order valence-electron chi connectivity index (χ2n) is 8.30. The van der Waals surface area contributed by atoms with Crippen LogP contribution < -0.4 is 15.5 Å². The van der Waals surface area contributed by atoms with E-state index in [0.29, 0.717) is 10.8 Å². The van der Waals surface area contributed by atoms with Crippen LogP contribution in [0.25, 0.3) is 0 Å². The molecule has 2 aromatic carbocycles. The van der Waals surface area contributed by atoms with Crippen LogP contribution in [0.15, 0.2) is 41.4 Å². The van der Waals surface area contributed by atoms with E-state index in [-0.39, 0.29) is 18.8 Å². The quantitative estimate of drug-likeness (QED) is 0.589. The van der Waals surface area contributed by atoms with Crippen molar-refractivity contribution in [2.45, 2.75) is 57.9 Å². The van der Waals surface area contributed by atoms with Gasteiger partial charge in [-0.3, -0.25) is 0 Å². The number of ether oxygens (including phenoxy) is 1. The fourth-order valence-corrected chi connectivity index (χ4v) is 4.34. The van der Waals surface area contributed by atoms with Crippen molar-refractivity contribution in [3.8, 4) is 5.75 Å². The van der Waals surface area contributed by atoms with E-state index < -0.39 is 6.23 Å². The van der Waals surface area contributed by atoms with E-state index >= 15 is 0 Å². The second-order valence-corrected chi connectivity index (χ2v) is 8.70. The average molecular weight is 444 g/mol. The predicted molar refractivity (Wildman–Crippen MR) is 123 cm³/mol. The van der Waals surface area contributed by atoms with Gasteiger partial charge in [-0.2, -0.15) is 0 Å². The standard InChI is InChI=1S/C24H30ClN3O3/c1-15(2)30-22-10-8-18(14-20(22)25)24-27-23(28-31-24)17-7-9-19-16(13-17)5-3-11-26-21(19)6-4-12-29/h7-10,13-15,21,24,26,29H,3-6,11-12H2,1-2H3,(H,27,28). The number of hydrogen-bond acceptors (Lipinski definition) is 6. The Morgan fingerprint density at radius 2 is 2.13 bits per heavy atom. The van der Waals surface area contributed by atoms with E-state index in [1.54, 1.807) is 0 Å². The van der Waals surface area contributed by atoms with Gasteiger partial charge in [-0.25, -0.2) is 15.3 Å². The molecule has 0 fully saturated rings. The SMILES string of the molecule is CC(C)Oc1ccc(C2N=C(c3ccc4c(c3)CCCNC4CCCO)NO2)cc1Cl. The number of aryl methyl sites for hydroxylation is 1. The van der Waals surface area contributed by atoms with Crippen LogP contribution in [0.3, 0.4) is 0 Å². The molecule has 0 aliphatic carbocycles. The molecular weight excluding hydrogens is 414 g/mol. The van der Waals surface area contributed by atoms with Gasteiger partial charge in [0, 0.05) is 23.8 Å². The van der Waals surface area contributed by atoms with E-state index in [4.69, 9.17) is 26.2 Å². The van der Waals surface area contributed by atoms with Gasteiger partial charge in [-0.1, -0.05) is 29.8 Å². The summed E-state index contributed by atoms with van der Waals surface area (Å²) >= 11 is 6.38. The molecule has 2 aliphatic heterocycles. The van der Waals surface area contributed by atoms with Crippen LogP contribution in [0.2, 0.25) is 5.02 Å². The molecule has 0 amide bonds. The van der Waals surface area contributed by atoms with Gasteiger partial charge in [0.1, 0.15) is 5.75 Å². The van der Waals surface area contributed by atoms with E-state index in [9.17, 15) is 5.11 Å². The van der Waals surface area contributed by atoms with E-state index in [2.05, 4.69) is 29.0 Å². The molecule has 4 rings (SSSR count). The Labute approximate surface area is 188 Å². The number of nitrogens with zero attached hydrogens (tertiary/aromatic N) is 1. The summed E-state index contributed by atoms with van der Waals surface area (Å²) in [4.78, 5) is 10.5. The Balaban J connectivity index is 1.54. The van der Waals surface area contributed by atoms with Gasteiger partial charge in [0.25, 0.3) is 0 Å². The largest absolute Gasteiger partial charge is 0.489 e. The molecule has 0 radical (unpaired) electrons. The Bertz CT molecular complexity index is 948. The molecule has 7 heteroatoms. The maximum atomic E-state index is 9.21. The molecular formula is C24H30ClN3O3. The van der Waals surface area contributed by atoms with Crippen molar-refractivity contribution in [1.29, 1.82) is 0 Å². The number of benzene rings is 2. The molecule has 0 saturated carbocycles. The first-order chi connectivity index (χ1) is 15.0. The minimum absolute atomic E-state index is 0.0593. The minimum Gasteiger partial charge on any atom is -0.489 e. The third-order valence-electron chi connectivity index (χ3n) is 5.57. The van der Waals surface area contributed by atoms with Crippen LogP contribution in [0.4, 0.5) is 0 Å². The van der Waals surface area contributed by atoms with E-state index in [1.807, 2.05) is 32.0 Å². The zero-order valence-electron chi connectivity index (χ0n) is 18.0. The maximum absolute atomic E-state index is 9.21. The molecule has 0 spiro atoms. The summed E-state index contributed by atoms with van der Waals surface area (Å²) in [6, 6.07) is 12.4. The van der Waals surface area contributed by atoms with E-state index in [0.717, 1.165) is 49.2 Å². The highest BCUT2D eigenvalue weighted by molar-refractivity contribution is 6.32. The number of amidine groups is 1. The summed E-state index contributed by atoms with van der Waals surface area (Å²) < 4.78 is 5.71. The molecule has 0 saturated heterocycles. The summed E-state index contributed by atoms with van der Waals surface area (Å²) in [5.41, 5.74) is 7.51. The van der Waals surface area contributed by atoms with Gasteiger partial charge in [0.15, 0.2) is 5.84 Å². The molecule has 3 N–H and O–H groups in total. The number of nitrogens with one attached hydrogen (secondary N) is 2. The van der Waals surface area contributed by atoms with Crippen LogP contribution in [0.5, 0.6) is 5.75 Å². The topological polar surface area (TPSA) is 75.1 Å². The molecule has 0 bridgehead atoms. The third kappa shape index (κ3) is 5.21. The number of hydroxylamine groups is 1. The second kappa shape index (κ2) is 10.0. The first-order valence-corrected chi connectivity index (χ1v) is 11.4. The summed E-state index contributed by atoms with van der Waals surface area (Å²) in [5.74, 6) is 1.38. The van der Waals surface area contributed by atoms with Crippen LogP contribution in [-0.2, 0) is 11.3 Å². The fraction of sp³-hybridized carbons (Fsp3) is 0.458. The number of aliphatic imine (C=N–C) groups is 1. The van der Waals surface area contributed by atoms with Crippen LogP contribution in [0.1, 0.15) is 67.6 Å². The highest BCUT2D eigenvalue weighted by atomic mass is 35.5. The number of halogens is 1. The lowest BCUT2D eigenvalue weighted by Crippen LogP contribution is -2.22. The predicted octanol–water partition coefficient (Wildman–Crippen LogP) is 4.46. The zero-order chi connectivity index (χ0) is 21.8. The first-order valence-electron chi connectivity index (χ1n) is 11.0. The lowest BCUT2D eigenvalue weighted by Gasteiger charge is -2.19. The molecule has 31 heavy (non-hydrogen) atoms. The summed E-state index contributed by atoms with van der Waals surface area (Å²) in [6.45, 7) is 5.15. The highest BCUT2D eigenvalue weighted by Gasteiger charge is 2.24. The average Bonchev–Trinajstić information content (AvgIpc) is 3.16. The van der Waals surface area contributed by atoms with Gasteiger partial charge in [-0.05, 0) is 75.4 Å². The summed E-state index contributed by atoms with van der Waals surface area (Å²) in [6.07, 6.45) is 3.45. The van der Waals surface area contributed by atoms with Crippen molar-refractivity contribution >= 4 is 17.4 Å². The van der Waals surface area contributed by atoms with Gasteiger partial charge in [-0.15, -0.1) is 0 Å². The number of rotatable bonds is 7. The first kappa shape index (κ1) is 22.1. The molecule has 2 heterocycles. The molecule has 2 aromatic rings. The Kier molecular flexibility index (Phi) is 7.13. The minimum atomic E-state index is -0.460. The number of hydrogen-bond donors (Lipinski definition) is 3. The summed E-state index contributed by atoms with van der Waals surface area (Å²) in [5, 5.41) is 13.4. The smallest absolute Gasteiger partial charge is 0.202 e. The molecule has 2 unspecified atom stereocenters. The van der Waals surface area contributed by atoms with Crippen LogP contribution >= 0.6 is 11.6 Å². The van der Waals surface area contributed by atoms with Crippen molar-refractivity contribution in [2.24, 2.45) is 4.99 Å². The molecule has 6 nitrogen and oxygen atoms in total. The van der Waals surface area contributed by atoms with Gasteiger partial charge < -0.3 is 15.2 Å². The lowest BCUT2D eigenvalue weighted by molar-refractivity contribution is 0.0376. The Morgan fingerprint density at radius 3 is 2.90 bits per heavy atom. The molecule has 166 valence electrons. The third-order valence-corrected chi connectivity index (χ3v) is 5.87. The Morgan fingerprint density at radius 1 is 1.26 bits per heavy atom. The summed E-state index contributed by atoms with van der Waals surface area (Å²) in [7, 11) is 0. The monoisotopic (exact) mass is 443 g/mol. The number of aliphatic hydroxyl groups excluding tert-OH is 1. The normalized spacial score (nSPS) is 20.7. The molecule has 2 atom stereocenters. The van der Waals surface area contributed by atoms with Crippen molar-refractivity contribution in [1.82, 2.24) is 10.8 Å². The van der Waals surface area contributed by atoms with Gasteiger partial charge in [0.2, 0.25) is 6.23 Å². The maximum Gasteiger partial charge on any atom is 0.202 e. The zero-order valence-corrected chi connectivity index (χ0v) is 18.8. The van der Waals surface area contributed by atoms with E-state index in [1.165, 1.54) is 11.1 Å². The van der Waals surface area contributed by atoms with Crippen LogP contribution in [0, 0.1) is 0 Å². The van der Waals surface area contributed by atoms with Crippen molar-refractivity contribution < 1.29 is 14.7 Å².